The molecule has 0 aromatic heterocycles. The highest BCUT2D eigenvalue weighted by Gasteiger charge is 2.58. The fourth-order valence-electron chi connectivity index (χ4n) is 3.99. The highest BCUT2D eigenvalue weighted by Crippen LogP contribution is 2.60. The Labute approximate surface area is 89.5 Å². The maximum absolute atomic E-state index is 11.9. The van der Waals surface area contributed by atoms with Crippen molar-refractivity contribution in [3.8, 4) is 0 Å². The largest absolute Gasteiger partial charge is 0.299 e. The SMILES string of the molecule is C=CC12CC3CC(C1)C(=O)C(C3)C2Cl. The van der Waals surface area contributed by atoms with Crippen LogP contribution in [0.15, 0.2) is 12.7 Å². The quantitative estimate of drug-likeness (QED) is 0.481. The standard InChI is InChI=1S/C12H15ClO/c1-2-12-5-7-3-8(6-12)10(14)9(4-7)11(12)13/h2,7-9,11H,1,3-6H2. The molecule has 4 saturated carbocycles. The van der Waals surface area contributed by atoms with Gasteiger partial charge in [0.05, 0.1) is 5.38 Å². The van der Waals surface area contributed by atoms with E-state index in [1.165, 1.54) is 6.42 Å². The molecule has 2 heteroatoms. The molecule has 76 valence electrons. The lowest BCUT2D eigenvalue weighted by molar-refractivity contribution is -0.143. The molecule has 4 aliphatic rings. The summed E-state index contributed by atoms with van der Waals surface area (Å²) in [4.78, 5) is 11.9. The third-order valence-corrected chi connectivity index (χ3v) is 5.32. The number of Topliss-reactive ketones (excluding diaryl/α,β-unsaturated/α-hetero) is 1. The van der Waals surface area contributed by atoms with Gasteiger partial charge in [0, 0.05) is 17.3 Å². The summed E-state index contributed by atoms with van der Waals surface area (Å²) < 4.78 is 0. The van der Waals surface area contributed by atoms with Gasteiger partial charge in [0.15, 0.2) is 0 Å². The van der Waals surface area contributed by atoms with E-state index in [0.29, 0.717) is 11.7 Å². The van der Waals surface area contributed by atoms with Crippen LogP contribution in [-0.4, -0.2) is 11.2 Å². The van der Waals surface area contributed by atoms with Crippen LogP contribution in [0.25, 0.3) is 0 Å². The number of ketones is 1. The van der Waals surface area contributed by atoms with Gasteiger partial charge in [-0.3, -0.25) is 4.79 Å². The van der Waals surface area contributed by atoms with Crippen molar-refractivity contribution in [3.63, 3.8) is 0 Å². The average Bonchev–Trinajstić information content (AvgIpc) is 2.20. The zero-order chi connectivity index (χ0) is 9.92. The second-order valence-electron chi connectivity index (χ2n) is 5.29. The normalized spacial score (nSPS) is 55.1. The molecule has 1 nitrogen and oxygen atoms in total. The molecule has 0 aliphatic heterocycles. The van der Waals surface area contributed by atoms with Gasteiger partial charge < -0.3 is 0 Å². The smallest absolute Gasteiger partial charge is 0.140 e. The molecule has 0 N–H and O–H groups in total. The molecule has 4 fully saturated rings. The van der Waals surface area contributed by atoms with E-state index in [9.17, 15) is 4.79 Å². The summed E-state index contributed by atoms with van der Waals surface area (Å²) in [5.41, 5.74) is 0.0893. The molecule has 14 heavy (non-hydrogen) atoms. The minimum absolute atomic E-state index is 0.0281. The molecule has 0 radical (unpaired) electrons. The van der Waals surface area contributed by atoms with Crippen LogP contribution in [0.1, 0.15) is 25.7 Å². The minimum atomic E-state index is 0.0281. The summed E-state index contributed by atoms with van der Waals surface area (Å²) in [7, 11) is 0. The molecular formula is C12H15ClO. The van der Waals surface area contributed by atoms with Crippen molar-refractivity contribution in [2.45, 2.75) is 31.1 Å². The van der Waals surface area contributed by atoms with Crippen molar-refractivity contribution in [2.24, 2.45) is 23.2 Å². The van der Waals surface area contributed by atoms with Gasteiger partial charge >= 0.3 is 0 Å². The first-order valence-corrected chi connectivity index (χ1v) is 5.91. The minimum Gasteiger partial charge on any atom is -0.299 e. The second kappa shape index (κ2) is 2.63. The zero-order valence-electron chi connectivity index (χ0n) is 8.21. The van der Waals surface area contributed by atoms with Crippen molar-refractivity contribution in [2.75, 3.05) is 0 Å². The van der Waals surface area contributed by atoms with Crippen LogP contribution in [0.2, 0.25) is 0 Å². The Morgan fingerprint density at radius 1 is 1.43 bits per heavy atom. The third kappa shape index (κ3) is 0.894. The molecule has 5 unspecified atom stereocenters. The number of halogens is 1. The van der Waals surface area contributed by atoms with Crippen molar-refractivity contribution < 1.29 is 4.79 Å². The van der Waals surface area contributed by atoms with Crippen LogP contribution in [0.4, 0.5) is 0 Å². The first-order chi connectivity index (χ1) is 6.66. The number of hydrogen-bond donors (Lipinski definition) is 0. The van der Waals surface area contributed by atoms with Crippen LogP contribution in [0.5, 0.6) is 0 Å². The van der Waals surface area contributed by atoms with Gasteiger partial charge in [-0.2, -0.15) is 0 Å². The fraction of sp³-hybridized carbons (Fsp3) is 0.750. The van der Waals surface area contributed by atoms with E-state index in [4.69, 9.17) is 11.6 Å². The summed E-state index contributed by atoms with van der Waals surface area (Å²) in [5, 5.41) is 0.0281. The number of carbonyl (C=O) groups excluding carboxylic acids is 1. The molecule has 5 atom stereocenters. The van der Waals surface area contributed by atoms with Gasteiger partial charge in [-0.25, -0.2) is 0 Å². The van der Waals surface area contributed by atoms with E-state index in [1.807, 2.05) is 6.08 Å². The molecule has 4 rings (SSSR count). The average molecular weight is 211 g/mol. The molecule has 0 spiro atoms. The van der Waals surface area contributed by atoms with E-state index in [0.717, 1.165) is 25.2 Å². The Bertz CT molecular complexity index is 311. The second-order valence-corrected chi connectivity index (χ2v) is 5.76. The van der Waals surface area contributed by atoms with Crippen molar-refractivity contribution in [3.05, 3.63) is 12.7 Å². The lowest BCUT2D eigenvalue weighted by atomic mass is 9.49. The van der Waals surface area contributed by atoms with Gasteiger partial charge in [-0.1, -0.05) is 6.08 Å². The Morgan fingerprint density at radius 2 is 2.21 bits per heavy atom. The molecule has 0 aromatic carbocycles. The molecular weight excluding hydrogens is 196 g/mol. The predicted octanol–water partition coefficient (Wildman–Crippen LogP) is 2.79. The highest BCUT2D eigenvalue weighted by molar-refractivity contribution is 6.23. The Morgan fingerprint density at radius 3 is 2.93 bits per heavy atom. The van der Waals surface area contributed by atoms with Crippen molar-refractivity contribution >= 4 is 17.4 Å². The Kier molecular flexibility index (Phi) is 1.69. The lowest BCUT2D eigenvalue weighted by Crippen LogP contribution is -2.57. The molecule has 4 aliphatic carbocycles. The molecule has 0 heterocycles. The topological polar surface area (TPSA) is 17.1 Å². The van der Waals surface area contributed by atoms with Crippen LogP contribution in [0, 0.1) is 23.2 Å². The highest BCUT2D eigenvalue weighted by atomic mass is 35.5. The Balaban J connectivity index is 2.05. The molecule has 4 bridgehead atoms. The maximum atomic E-state index is 11.9. The van der Waals surface area contributed by atoms with Gasteiger partial charge in [0.2, 0.25) is 0 Å². The molecule has 0 amide bonds. The maximum Gasteiger partial charge on any atom is 0.140 e. The van der Waals surface area contributed by atoms with E-state index < -0.39 is 0 Å². The summed E-state index contributed by atoms with van der Waals surface area (Å²) in [6.45, 7) is 3.93. The summed E-state index contributed by atoms with van der Waals surface area (Å²) >= 11 is 6.43. The monoisotopic (exact) mass is 210 g/mol. The van der Waals surface area contributed by atoms with Crippen LogP contribution in [0.3, 0.4) is 0 Å². The van der Waals surface area contributed by atoms with Crippen molar-refractivity contribution in [1.82, 2.24) is 0 Å². The summed E-state index contributed by atoms with van der Waals surface area (Å²) in [6, 6.07) is 0. The van der Waals surface area contributed by atoms with Crippen LogP contribution in [-0.2, 0) is 4.79 Å². The van der Waals surface area contributed by atoms with E-state index >= 15 is 0 Å². The number of allylic oxidation sites excluding steroid dienone is 1. The molecule has 0 aromatic rings. The Hall–Kier alpha value is -0.300. The molecule has 0 saturated heterocycles. The lowest BCUT2D eigenvalue weighted by Gasteiger charge is -2.57. The van der Waals surface area contributed by atoms with E-state index in [-0.39, 0.29) is 16.7 Å². The fourth-order valence-corrected chi connectivity index (χ4v) is 4.49. The van der Waals surface area contributed by atoms with Gasteiger partial charge in [0.1, 0.15) is 5.78 Å². The zero-order valence-corrected chi connectivity index (χ0v) is 8.96. The first kappa shape index (κ1) is 8.96. The van der Waals surface area contributed by atoms with Gasteiger partial charge in [-0.05, 0) is 31.6 Å². The van der Waals surface area contributed by atoms with E-state index in [1.54, 1.807) is 0 Å². The third-order valence-electron chi connectivity index (χ3n) is 4.58. The van der Waals surface area contributed by atoms with Crippen LogP contribution < -0.4 is 0 Å². The van der Waals surface area contributed by atoms with Crippen molar-refractivity contribution in [1.29, 1.82) is 0 Å². The summed E-state index contributed by atoms with van der Waals surface area (Å²) in [6.07, 6.45) is 6.33. The van der Waals surface area contributed by atoms with Gasteiger partial charge in [0.25, 0.3) is 0 Å². The first-order valence-electron chi connectivity index (χ1n) is 5.48. The number of carbonyl (C=O) groups is 1. The van der Waals surface area contributed by atoms with E-state index in [2.05, 4.69) is 6.58 Å². The summed E-state index contributed by atoms with van der Waals surface area (Å²) in [5.74, 6) is 1.63. The van der Waals surface area contributed by atoms with Crippen LogP contribution >= 0.6 is 11.6 Å². The number of rotatable bonds is 1. The predicted molar refractivity (Wildman–Crippen MR) is 56.2 cm³/mol. The number of hydrogen-bond acceptors (Lipinski definition) is 1. The van der Waals surface area contributed by atoms with Gasteiger partial charge in [-0.15, -0.1) is 18.2 Å². The number of alkyl halides is 1.